The van der Waals surface area contributed by atoms with E-state index in [2.05, 4.69) is 31.2 Å². The molecule has 2 aromatic heterocycles. The van der Waals surface area contributed by atoms with Crippen LogP contribution in [0.1, 0.15) is 10.5 Å². The van der Waals surface area contributed by atoms with E-state index >= 15 is 0 Å². The Labute approximate surface area is 106 Å². The van der Waals surface area contributed by atoms with Gasteiger partial charge in [-0.05, 0) is 40.2 Å². The molecule has 0 fully saturated rings. The number of halogens is 1. The van der Waals surface area contributed by atoms with Crippen LogP contribution < -0.4 is 5.32 Å². The van der Waals surface area contributed by atoms with Crippen LogP contribution >= 0.6 is 15.9 Å². The number of pyridine rings is 2. The molecule has 1 amide bonds. The molecular formula is C11H8BrN3O2. The van der Waals surface area contributed by atoms with Crippen LogP contribution in [0.15, 0.2) is 41.3 Å². The van der Waals surface area contributed by atoms with E-state index in [0.717, 1.165) is 0 Å². The van der Waals surface area contributed by atoms with Gasteiger partial charge in [-0.2, -0.15) is 0 Å². The summed E-state index contributed by atoms with van der Waals surface area (Å²) in [4.78, 5) is 19.6. The van der Waals surface area contributed by atoms with Crippen LogP contribution in [0.25, 0.3) is 0 Å². The molecule has 0 saturated carbocycles. The quantitative estimate of drug-likeness (QED) is 0.833. The molecule has 2 rings (SSSR count). The normalized spacial score (nSPS) is 9.94. The van der Waals surface area contributed by atoms with Crippen molar-refractivity contribution in [1.82, 2.24) is 9.97 Å². The smallest absolute Gasteiger partial charge is 0.278 e. The van der Waals surface area contributed by atoms with E-state index in [9.17, 15) is 9.90 Å². The first-order chi connectivity index (χ1) is 8.18. The number of rotatable bonds is 2. The second-order valence-electron chi connectivity index (χ2n) is 3.17. The second-order valence-corrected chi connectivity index (χ2v) is 3.92. The van der Waals surface area contributed by atoms with Crippen molar-refractivity contribution in [2.75, 3.05) is 5.32 Å². The average molecular weight is 294 g/mol. The Bertz CT molecular complexity index is 560. The number of carbonyl (C=O) groups is 1. The molecule has 0 aliphatic rings. The molecule has 6 heteroatoms. The number of nitrogens with zero attached hydrogens (tertiary/aromatic N) is 2. The maximum atomic E-state index is 11.8. The molecule has 17 heavy (non-hydrogen) atoms. The lowest BCUT2D eigenvalue weighted by molar-refractivity contribution is 0.101. The lowest BCUT2D eigenvalue weighted by atomic mass is 10.3. The Balaban J connectivity index is 2.24. The summed E-state index contributed by atoms with van der Waals surface area (Å²) >= 11 is 3.21. The first kappa shape index (κ1) is 11.5. The number of anilines is 1. The molecule has 5 nitrogen and oxygen atoms in total. The Morgan fingerprint density at radius 1 is 1.24 bits per heavy atom. The molecule has 0 radical (unpaired) electrons. The lowest BCUT2D eigenvalue weighted by Gasteiger charge is -2.06. The minimum atomic E-state index is -0.489. The fourth-order valence-corrected chi connectivity index (χ4v) is 1.58. The monoisotopic (exact) mass is 293 g/mol. The van der Waals surface area contributed by atoms with Crippen molar-refractivity contribution in [1.29, 1.82) is 0 Å². The van der Waals surface area contributed by atoms with Crippen molar-refractivity contribution in [3.63, 3.8) is 0 Å². The Morgan fingerprint density at radius 2 is 1.94 bits per heavy atom. The largest absolute Gasteiger partial charge is 0.505 e. The fourth-order valence-electron chi connectivity index (χ4n) is 1.23. The van der Waals surface area contributed by atoms with E-state index in [1.807, 2.05) is 0 Å². The van der Waals surface area contributed by atoms with Crippen molar-refractivity contribution < 1.29 is 9.90 Å². The Morgan fingerprint density at radius 3 is 2.65 bits per heavy atom. The maximum Gasteiger partial charge on any atom is 0.278 e. The summed E-state index contributed by atoms with van der Waals surface area (Å²) in [6.07, 6.45) is 3.03. The molecule has 2 aromatic rings. The zero-order chi connectivity index (χ0) is 12.3. The molecule has 0 aliphatic heterocycles. The van der Waals surface area contributed by atoms with Gasteiger partial charge >= 0.3 is 0 Å². The minimum absolute atomic E-state index is 0.0248. The standard InChI is InChI=1S/C11H8BrN3O2/c12-10-7(3-1-6-14-10)15-11(17)9-8(16)4-2-5-13-9/h1-6,16H,(H,15,17). The summed E-state index contributed by atoms with van der Waals surface area (Å²) in [7, 11) is 0. The van der Waals surface area contributed by atoms with Gasteiger partial charge in [0.2, 0.25) is 0 Å². The van der Waals surface area contributed by atoms with E-state index in [4.69, 9.17) is 0 Å². The minimum Gasteiger partial charge on any atom is -0.505 e. The molecular weight excluding hydrogens is 286 g/mol. The third-order valence-electron chi connectivity index (χ3n) is 2.01. The predicted octanol–water partition coefficient (Wildman–Crippen LogP) is 2.20. The number of aromatic nitrogens is 2. The summed E-state index contributed by atoms with van der Waals surface area (Å²) in [5, 5.41) is 12.1. The Kier molecular flexibility index (Phi) is 3.34. The average Bonchev–Trinajstić information content (AvgIpc) is 2.32. The number of aromatic hydroxyl groups is 1. The van der Waals surface area contributed by atoms with Crippen LogP contribution in [0.5, 0.6) is 5.75 Å². The van der Waals surface area contributed by atoms with Crippen LogP contribution in [-0.4, -0.2) is 21.0 Å². The molecule has 0 bridgehead atoms. The van der Waals surface area contributed by atoms with Gasteiger partial charge in [0.1, 0.15) is 10.4 Å². The van der Waals surface area contributed by atoms with Crippen molar-refractivity contribution >= 4 is 27.5 Å². The van der Waals surface area contributed by atoms with E-state index in [1.165, 1.54) is 12.3 Å². The van der Waals surface area contributed by atoms with Crippen molar-refractivity contribution in [2.24, 2.45) is 0 Å². The van der Waals surface area contributed by atoms with Gasteiger partial charge in [-0.25, -0.2) is 9.97 Å². The molecule has 86 valence electrons. The molecule has 0 saturated heterocycles. The third kappa shape index (κ3) is 2.59. The summed E-state index contributed by atoms with van der Waals surface area (Å²) < 4.78 is 0.517. The van der Waals surface area contributed by atoms with Crippen molar-refractivity contribution in [3.05, 3.63) is 47.0 Å². The highest BCUT2D eigenvalue weighted by Crippen LogP contribution is 2.20. The van der Waals surface area contributed by atoms with Crippen LogP contribution in [0.3, 0.4) is 0 Å². The number of hydrogen-bond donors (Lipinski definition) is 2. The zero-order valence-corrected chi connectivity index (χ0v) is 10.2. The first-order valence-electron chi connectivity index (χ1n) is 4.74. The fraction of sp³-hybridized carbons (Fsp3) is 0. The molecule has 0 aromatic carbocycles. The first-order valence-corrected chi connectivity index (χ1v) is 5.53. The van der Waals surface area contributed by atoms with Crippen molar-refractivity contribution in [3.8, 4) is 5.75 Å². The number of carbonyl (C=O) groups excluding carboxylic acids is 1. The highest BCUT2D eigenvalue weighted by molar-refractivity contribution is 9.10. The highest BCUT2D eigenvalue weighted by Gasteiger charge is 2.13. The van der Waals surface area contributed by atoms with Gasteiger partial charge in [-0.3, -0.25) is 4.79 Å². The summed E-state index contributed by atoms with van der Waals surface area (Å²) in [5.41, 5.74) is 0.491. The Hall–Kier alpha value is -1.95. The van der Waals surface area contributed by atoms with E-state index in [0.29, 0.717) is 10.3 Å². The van der Waals surface area contributed by atoms with Gasteiger partial charge in [0.05, 0.1) is 5.69 Å². The van der Waals surface area contributed by atoms with Gasteiger partial charge in [0.25, 0.3) is 5.91 Å². The van der Waals surface area contributed by atoms with Crippen LogP contribution in [0.2, 0.25) is 0 Å². The van der Waals surface area contributed by atoms with Gasteiger partial charge in [0.15, 0.2) is 5.69 Å². The summed E-state index contributed by atoms with van der Waals surface area (Å²) in [5.74, 6) is -0.651. The van der Waals surface area contributed by atoms with E-state index in [-0.39, 0.29) is 11.4 Å². The number of hydrogen-bond acceptors (Lipinski definition) is 4. The second kappa shape index (κ2) is 4.92. The zero-order valence-electron chi connectivity index (χ0n) is 8.59. The summed E-state index contributed by atoms with van der Waals surface area (Å²) in [6, 6.07) is 6.33. The third-order valence-corrected chi connectivity index (χ3v) is 2.64. The molecule has 2 N–H and O–H groups in total. The van der Waals surface area contributed by atoms with E-state index < -0.39 is 5.91 Å². The van der Waals surface area contributed by atoms with Gasteiger partial charge in [-0.15, -0.1) is 0 Å². The van der Waals surface area contributed by atoms with Gasteiger partial charge < -0.3 is 10.4 Å². The highest BCUT2D eigenvalue weighted by atomic mass is 79.9. The van der Waals surface area contributed by atoms with Gasteiger partial charge in [-0.1, -0.05) is 0 Å². The van der Waals surface area contributed by atoms with Crippen LogP contribution in [-0.2, 0) is 0 Å². The van der Waals surface area contributed by atoms with Gasteiger partial charge in [0, 0.05) is 12.4 Å². The van der Waals surface area contributed by atoms with Crippen LogP contribution in [0, 0.1) is 0 Å². The molecule has 0 unspecified atom stereocenters. The topological polar surface area (TPSA) is 75.1 Å². The maximum absolute atomic E-state index is 11.8. The molecule has 0 atom stereocenters. The van der Waals surface area contributed by atoms with E-state index in [1.54, 1.807) is 24.4 Å². The lowest BCUT2D eigenvalue weighted by Crippen LogP contribution is -2.14. The molecule has 0 aliphatic carbocycles. The molecule has 2 heterocycles. The summed E-state index contributed by atoms with van der Waals surface area (Å²) in [6.45, 7) is 0. The predicted molar refractivity (Wildman–Crippen MR) is 65.8 cm³/mol. The SMILES string of the molecule is O=C(Nc1cccnc1Br)c1ncccc1O. The number of nitrogens with one attached hydrogen (secondary N) is 1. The molecule has 0 spiro atoms. The van der Waals surface area contributed by atoms with Crippen molar-refractivity contribution in [2.45, 2.75) is 0 Å². The van der Waals surface area contributed by atoms with Crippen LogP contribution in [0.4, 0.5) is 5.69 Å². The number of amides is 1.